The van der Waals surface area contributed by atoms with E-state index < -0.39 is 59.3 Å². The lowest BCUT2D eigenvalue weighted by atomic mass is 9.60. The van der Waals surface area contributed by atoms with E-state index in [9.17, 15) is 29.7 Å². The van der Waals surface area contributed by atoms with Gasteiger partial charge in [0.2, 0.25) is 6.29 Å². The van der Waals surface area contributed by atoms with Crippen molar-refractivity contribution in [1.82, 2.24) is 0 Å². The van der Waals surface area contributed by atoms with Gasteiger partial charge in [-0.25, -0.2) is 4.79 Å². The number of hydrogen-bond acceptors (Lipinski definition) is 9. The number of carbonyl (C=O) groups is 3. The van der Waals surface area contributed by atoms with Crippen LogP contribution in [0.4, 0.5) is 0 Å². The Morgan fingerprint density at radius 1 is 1.09 bits per heavy atom. The Labute approximate surface area is 206 Å². The van der Waals surface area contributed by atoms with Crippen LogP contribution < -0.4 is 0 Å². The second-order valence-electron chi connectivity index (χ2n) is 10.3. The van der Waals surface area contributed by atoms with Crippen LogP contribution in [0.1, 0.15) is 84.5 Å². The maximum Gasteiger partial charge on any atom is 0.335 e. The van der Waals surface area contributed by atoms with E-state index in [1.807, 2.05) is 6.92 Å². The third kappa shape index (κ3) is 5.00. The van der Waals surface area contributed by atoms with E-state index in [1.165, 1.54) is 7.11 Å². The van der Waals surface area contributed by atoms with Gasteiger partial charge in [0.15, 0.2) is 0 Å². The Hall–Kier alpha value is -1.97. The Balaban J connectivity index is 2.02. The van der Waals surface area contributed by atoms with Crippen LogP contribution in [-0.4, -0.2) is 64.9 Å². The van der Waals surface area contributed by atoms with Crippen molar-refractivity contribution in [2.24, 2.45) is 16.7 Å². The number of methoxy groups -OCH3 is 1. The van der Waals surface area contributed by atoms with Crippen LogP contribution in [0.15, 0.2) is 11.6 Å². The normalized spacial score (nSPS) is 34.0. The van der Waals surface area contributed by atoms with Crippen molar-refractivity contribution in [3.8, 4) is 0 Å². The molecule has 3 aliphatic rings. The lowest BCUT2D eigenvalue weighted by Gasteiger charge is -2.37. The van der Waals surface area contributed by atoms with Gasteiger partial charge in [-0.15, -0.1) is 0 Å². The first kappa shape index (κ1) is 27.6. The molecule has 1 aliphatic carbocycles. The van der Waals surface area contributed by atoms with Gasteiger partial charge in [0.05, 0.1) is 30.3 Å². The number of hydrogen-bond donors (Lipinski definition) is 3. The minimum Gasteiger partial charge on any atom is -0.468 e. The molecular formula is C26H40O9. The first-order valence-electron chi connectivity index (χ1n) is 12.9. The Morgan fingerprint density at radius 2 is 1.80 bits per heavy atom. The molecule has 0 aromatic carbocycles. The van der Waals surface area contributed by atoms with Gasteiger partial charge in [-0.05, 0) is 44.1 Å². The Morgan fingerprint density at radius 3 is 2.40 bits per heavy atom. The van der Waals surface area contributed by atoms with E-state index in [4.69, 9.17) is 14.2 Å². The highest BCUT2D eigenvalue weighted by molar-refractivity contribution is 6.04. The van der Waals surface area contributed by atoms with Gasteiger partial charge in [0.25, 0.3) is 0 Å². The summed E-state index contributed by atoms with van der Waals surface area (Å²) in [5, 5.41) is 31.8. The van der Waals surface area contributed by atoms with Crippen LogP contribution in [0.3, 0.4) is 0 Å². The minimum atomic E-state index is -1.79. The van der Waals surface area contributed by atoms with E-state index in [2.05, 4.69) is 6.92 Å². The number of cyclic esters (lactones) is 2. The van der Waals surface area contributed by atoms with E-state index in [0.29, 0.717) is 19.3 Å². The molecule has 0 amide bonds. The summed E-state index contributed by atoms with van der Waals surface area (Å²) < 4.78 is 15.8. The fourth-order valence-electron chi connectivity index (χ4n) is 6.25. The number of ether oxygens (including phenoxy) is 3. The molecule has 0 aromatic rings. The monoisotopic (exact) mass is 496 g/mol. The molecule has 2 heterocycles. The Kier molecular flexibility index (Phi) is 8.99. The summed E-state index contributed by atoms with van der Waals surface area (Å²) in [5.74, 6) is -3.02. The predicted octanol–water partition coefficient (Wildman–Crippen LogP) is 2.54. The molecular weight excluding hydrogens is 456 g/mol. The number of carbonyl (C=O) groups excluding carboxylic acids is 3. The number of rotatable bonds is 12. The third-order valence-electron chi connectivity index (χ3n) is 8.05. The average molecular weight is 497 g/mol. The summed E-state index contributed by atoms with van der Waals surface area (Å²) in [7, 11) is 1.18. The summed E-state index contributed by atoms with van der Waals surface area (Å²) in [6.07, 6.45) is 3.45. The molecule has 0 bridgehead atoms. The van der Waals surface area contributed by atoms with Crippen molar-refractivity contribution in [3.63, 3.8) is 0 Å². The topological polar surface area (TPSA) is 140 Å². The van der Waals surface area contributed by atoms with Crippen molar-refractivity contribution in [2.45, 2.75) is 109 Å². The van der Waals surface area contributed by atoms with Crippen molar-refractivity contribution < 1.29 is 43.9 Å². The zero-order valence-corrected chi connectivity index (χ0v) is 21.0. The molecule has 1 spiro atoms. The predicted molar refractivity (Wildman–Crippen MR) is 125 cm³/mol. The third-order valence-corrected chi connectivity index (χ3v) is 8.05. The number of esters is 3. The molecule has 3 N–H and O–H groups in total. The van der Waals surface area contributed by atoms with Gasteiger partial charge < -0.3 is 29.5 Å². The van der Waals surface area contributed by atoms with E-state index in [1.54, 1.807) is 6.08 Å². The van der Waals surface area contributed by atoms with Crippen molar-refractivity contribution in [1.29, 1.82) is 0 Å². The summed E-state index contributed by atoms with van der Waals surface area (Å²) in [6, 6.07) is 0. The van der Waals surface area contributed by atoms with Crippen molar-refractivity contribution in [2.75, 3.05) is 7.11 Å². The first-order chi connectivity index (χ1) is 16.7. The summed E-state index contributed by atoms with van der Waals surface area (Å²) >= 11 is 0. The number of aliphatic hydroxyl groups is 3. The smallest absolute Gasteiger partial charge is 0.335 e. The Bertz CT molecular complexity index is 824. The van der Waals surface area contributed by atoms with E-state index in [0.717, 1.165) is 32.1 Å². The van der Waals surface area contributed by atoms with Gasteiger partial charge in [0, 0.05) is 6.42 Å². The second-order valence-corrected chi connectivity index (χ2v) is 10.3. The highest BCUT2D eigenvalue weighted by atomic mass is 16.6. The quantitative estimate of drug-likeness (QED) is 0.211. The minimum absolute atomic E-state index is 0.0219. The first-order valence-corrected chi connectivity index (χ1v) is 12.9. The molecule has 1 saturated heterocycles. The van der Waals surface area contributed by atoms with Crippen LogP contribution in [-0.2, 0) is 28.6 Å². The van der Waals surface area contributed by atoms with Gasteiger partial charge in [-0.2, -0.15) is 0 Å². The van der Waals surface area contributed by atoms with E-state index >= 15 is 0 Å². The van der Waals surface area contributed by atoms with Crippen LogP contribution in [0.5, 0.6) is 0 Å². The number of unbranched alkanes of at least 4 members (excludes halogenated alkanes) is 4. The highest BCUT2D eigenvalue weighted by Crippen LogP contribution is 2.66. The summed E-state index contributed by atoms with van der Waals surface area (Å²) in [6.45, 7) is 4.07. The zero-order chi connectivity index (χ0) is 25.8. The molecule has 0 unspecified atom stereocenters. The highest BCUT2D eigenvalue weighted by Gasteiger charge is 2.74. The molecule has 3 rings (SSSR count). The SMILES string of the molecule is CCCCCC[C@H]1C=C([C@]2(C(=O)OC)C[C@@H]([C@@H](O)[C@H](O)CCCC)C[C@]23C[C@H](O)OC3=O)C(=O)O1. The lowest BCUT2D eigenvalue weighted by Crippen LogP contribution is -2.50. The van der Waals surface area contributed by atoms with Crippen LogP contribution in [0.25, 0.3) is 0 Å². The maximum absolute atomic E-state index is 13.5. The lowest BCUT2D eigenvalue weighted by molar-refractivity contribution is -0.169. The summed E-state index contributed by atoms with van der Waals surface area (Å²) in [5.41, 5.74) is -3.38. The fourth-order valence-corrected chi connectivity index (χ4v) is 6.25. The molecule has 7 atom stereocenters. The van der Waals surface area contributed by atoms with E-state index in [-0.39, 0.29) is 24.8 Å². The maximum atomic E-state index is 13.5. The molecule has 2 fully saturated rings. The molecule has 0 aromatic heterocycles. The van der Waals surface area contributed by atoms with Gasteiger partial charge in [0.1, 0.15) is 11.5 Å². The molecule has 198 valence electrons. The standard InChI is InChI=1S/C26H40O9/c1-4-6-8-9-10-17-12-18(22(30)34-17)26(24(32)33-3)14-16(21(29)19(27)11-7-5-2)13-25(26)15-20(28)35-23(25)31/h12,16-17,19-21,27-29H,4-11,13-15H2,1-3H3/t16-,17-,19+,20+,21+,25+,26-/m0/s1. The molecule has 1 saturated carbocycles. The molecule has 35 heavy (non-hydrogen) atoms. The average Bonchev–Trinajstić information content (AvgIpc) is 3.47. The van der Waals surface area contributed by atoms with Crippen molar-refractivity contribution >= 4 is 17.9 Å². The largest absolute Gasteiger partial charge is 0.468 e. The fraction of sp³-hybridized carbons (Fsp3) is 0.808. The summed E-state index contributed by atoms with van der Waals surface area (Å²) in [4.78, 5) is 39.9. The van der Waals surface area contributed by atoms with Crippen molar-refractivity contribution in [3.05, 3.63) is 11.6 Å². The van der Waals surface area contributed by atoms with Crippen LogP contribution in [0.2, 0.25) is 0 Å². The molecule has 2 aliphatic heterocycles. The van der Waals surface area contributed by atoms with Gasteiger partial charge in [-0.3, -0.25) is 9.59 Å². The molecule has 0 radical (unpaired) electrons. The zero-order valence-electron chi connectivity index (χ0n) is 21.0. The molecule has 9 nitrogen and oxygen atoms in total. The van der Waals surface area contributed by atoms with Gasteiger partial charge >= 0.3 is 17.9 Å². The number of aliphatic hydroxyl groups excluding tert-OH is 3. The van der Waals surface area contributed by atoms with Crippen LogP contribution >= 0.6 is 0 Å². The van der Waals surface area contributed by atoms with Crippen LogP contribution in [0, 0.1) is 16.7 Å². The second kappa shape index (κ2) is 11.4. The van der Waals surface area contributed by atoms with Gasteiger partial charge in [-0.1, -0.05) is 46.0 Å². The molecule has 9 heteroatoms.